The largest absolute Gasteiger partial charge is 0.500 e. The fraction of sp³-hybridized carbons (Fsp3) is 0.923. The molecule has 7 heteroatoms. The molecular formula is C13H29NO5Si. The van der Waals surface area contributed by atoms with Crippen LogP contribution in [0.25, 0.3) is 0 Å². The van der Waals surface area contributed by atoms with E-state index in [4.69, 9.17) is 13.3 Å². The van der Waals surface area contributed by atoms with E-state index in [2.05, 4.69) is 10.1 Å². The highest BCUT2D eigenvalue weighted by Gasteiger charge is 2.39. The zero-order valence-electron chi connectivity index (χ0n) is 13.4. The van der Waals surface area contributed by atoms with Gasteiger partial charge in [0, 0.05) is 25.9 Å². The quantitative estimate of drug-likeness (QED) is 0.335. The van der Waals surface area contributed by atoms with Gasteiger partial charge >= 0.3 is 14.8 Å². The minimum absolute atomic E-state index is 0.257. The highest BCUT2D eigenvalue weighted by molar-refractivity contribution is 6.60. The zero-order chi connectivity index (χ0) is 15.4. The van der Waals surface area contributed by atoms with Crippen LogP contribution < -0.4 is 5.32 Å². The highest BCUT2D eigenvalue weighted by atomic mass is 28.4. The van der Waals surface area contributed by atoms with Gasteiger partial charge in [0.05, 0.1) is 7.11 Å². The molecule has 0 aromatic heterocycles. The Morgan fingerprint density at radius 3 is 2.00 bits per heavy atom. The predicted molar refractivity (Wildman–Crippen MR) is 79.5 cm³/mol. The lowest BCUT2D eigenvalue weighted by Gasteiger charge is -2.28. The molecule has 0 aliphatic carbocycles. The van der Waals surface area contributed by atoms with Crippen molar-refractivity contribution in [1.29, 1.82) is 0 Å². The van der Waals surface area contributed by atoms with Gasteiger partial charge in [-0.15, -0.1) is 0 Å². The summed E-state index contributed by atoms with van der Waals surface area (Å²) in [5.74, 6) is -0.257. The van der Waals surface area contributed by atoms with Crippen molar-refractivity contribution in [2.24, 2.45) is 0 Å². The van der Waals surface area contributed by atoms with Crippen LogP contribution in [0.15, 0.2) is 0 Å². The molecule has 0 amide bonds. The van der Waals surface area contributed by atoms with E-state index in [1.807, 2.05) is 20.8 Å². The molecule has 0 rings (SSSR count). The number of carbonyl (C=O) groups excluding carboxylic acids is 1. The first-order valence-corrected chi connectivity index (χ1v) is 9.21. The molecular weight excluding hydrogens is 278 g/mol. The lowest BCUT2D eigenvalue weighted by Crippen LogP contribution is -2.46. The van der Waals surface area contributed by atoms with Crippen LogP contribution in [-0.2, 0) is 22.8 Å². The van der Waals surface area contributed by atoms with Crippen molar-refractivity contribution >= 4 is 14.8 Å². The molecule has 0 aromatic rings. The maximum atomic E-state index is 11.3. The molecule has 0 saturated heterocycles. The smallest absolute Gasteiger partial charge is 0.468 e. The van der Waals surface area contributed by atoms with E-state index in [-0.39, 0.29) is 12.0 Å². The summed E-state index contributed by atoms with van der Waals surface area (Å²) in [7, 11) is -1.17. The number of methoxy groups -OCH3 is 1. The summed E-state index contributed by atoms with van der Waals surface area (Å²) in [6.07, 6.45) is 0.827. The second-order valence-electron chi connectivity index (χ2n) is 4.28. The van der Waals surface area contributed by atoms with Gasteiger partial charge in [-0.3, -0.25) is 4.79 Å². The van der Waals surface area contributed by atoms with Crippen molar-refractivity contribution in [3.05, 3.63) is 0 Å². The van der Waals surface area contributed by atoms with Crippen LogP contribution >= 0.6 is 0 Å². The monoisotopic (exact) mass is 307 g/mol. The molecule has 0 aliphatic heterocycles. The molecule has 0 aromatic carbocycles. The summed E-state index contributed by atoms with van der Waals surface area (Å²) in [5.41, 5.74) is 0. The Balaban J connectivity index is 4.21. The number of ether oxygens (including phenoxy) is 1. The third kappa shape index (κ3) is 7.35. The van der Waals surface area contributed by atoms with Crippen molar-refractivity contribution in [2.75, 3.05) is 33.5 Å². The Morgan fingerprint density at radius 2 is 1.60 bits per heavy atom. The first-order chi connectivity index (χ1) is 9.55. The Bertz CT molecular complexity index is 248. The van der Waals surface area contributed by atoms with Gasteiger partial charge in [-0.25, -0.2) is 0 Å². The topological polar surface area (TPSA) is 66.0 Å². The number of hydrogen-bond acceptors (Lipinski definition) is 6. The lowest BCUT2D eigenvalue weighted by molar-refractivity contribution is -0.142. The lowest BCUT2D eigenvalue weighted by atomic mass is 10.3. The van der Waals surface area contributed by atoms with Gasteiger partial charge < -0.3 is 23.3 Å². The summed E-state index contributed by atoms with van der Waals surface area (Å²) in [6.45, 7) is 10.0. The van der Waals surface area contributed by atoms with E-state index in [0.29, 0.717) is 26.4 Å². The van der Waals surface area contributed by atoms with Gasteiger partial charge in [0.25, 0.3) is 0 Å². The third-order valence-electron chi connectivity index (χ3n) is 2.76. The molecule has 0 unspecified atom stereocenters. The minimum Gasteiger partial charge on any atom is -0.468 e. The van der Waals surface area contributed by atoms with Crippen LogP contribution in [0.5, 0.6) is 0 Å². The predicted octanol–water partition coefficient (Wildman–Crippen LogP) is 1.58. The number of rotatable bonds is 12. The Kier molecular flexibility index (Phi) is 10.9. The van der Waals surface area contributed by atoms with Crippen molar-refractivity contribution in [3.8, 4) is 0 Å². The van der Waals surface area contributed by atoms with Gasteiger partial charge in [0.15, 0.2) is 0 Å². The number of nitrogens with one attached hydrogen (secondary N) is 1. The Labute approximate surface area is 123 Å². The summed E-state index contributed by atoms with van der Waals surface area (Å²) in [5, 5.41) is 3.11. The molecule has 120 valence electrons. The molecule has 0 heterocycles. The van der Waals surface area contributed by atoms with E-state index < -0.39 is 8.80 Å². The number of carbonyl (C=O) groups is 1. The average Bonchev–Trinajstić information content (AvgIpc) is 2.43. The summed E-state index contributed by atoms with van der Waals surface area (Å²) in [4.78, 5) is 11.3. The normalized spacial score (nSPS) is 13.2. The molecule has 0 fully saturated rings. The first kappa shape index (κ1) is 19.5. The van der Waals surface area contributed by atoms with Crippen LogP contribution in [-0.4, -0.2) is 54.3 Å². The SMILES string of the molecule is CCO[Si](CCCN[C@@H](C)C(=O)OC)(OCC)OCC. The van der Waals surface area contributed by atoms with Crippen molar-refractivity contribution < 1.29 is 22.8 Å². The van der Waals surface area contributed by atoms with Gasteiger partial charge in [0.2, 0.25) is 0 Å². The average molecular weight is 307 g/mol. The van der Waals surface area contributed by atoms with E-state index in [9.17, 15) is 4.79 Å². The first-order valence-electron chi connectivity index (χ1n) is 7.28. The molecule has 6 nitrogen and oxygen atoms in total. The van der Waals surface area contributed by atoms with Crippen LogP contribution in [0.1, 0.15) is 34.1 Å². The summed E-state index contributed by atoms with van der Waals surface area (Å²) >= 11 is 0. The second-order valence-corrected chi connectivity index (χ2v) is 7.02. The Morgan fingerprint density at radius 1 is 1.10 bits per heavy atom. The number of esters is 1. The van der Waals surface area contributed by atoms with E-state index in [0.717, 1.165) is 12.5 Å². The maximum absolute atomic E-state index is 11.3. The fourth-order valence-corrected chi connectivity index (χ4v) is 4.50. The highest BCUT2D eigenvalue weighted by Crippen LogP contribution is 2.17. The van der Waals surface area contributed by atoms with E-state index in [1.54, 1.807) is 6.92 Å². The Hall–Kier alpha value is -0.473. The molecule has 0 saturated carbocycles. The van der Waals surface area contributed by atoms with Crippen LogP contribution in [0.4, 0.5) is 0 Å². The minimum atomic E-state index is -2.56. The molecule has 0 bridgehead atoms. The van der Waals surface area contributed by atoms with Crippen LogP contribution in [0, 0.1) is 0 Å². The molecule has 0 spiro atoms. The number of hydrogen-bond donors (Lipinski definition) is 1. The molecule has 1 atom stereocenters. The van der Waals surface area contributed by atoms with E-state index in [1.165, 1.54) is 7.11 Å². The van der Waals surface area contributed by atoms with Gasteiger partial charge in [-0.05, 0) is 40.7 Å². The van der Waals surface area contributed by atoms with Crippen molar-refractivity contribution in [2.45, 2.75) is 46.2 Å². The van der Waals surface area contributed by atoms with Crippen molar-refractivity contribution in [1.82, 2.24) is 5.32 Å². The second kappa shape index (κ2) is 11.2. The molecule has 0 radical (unpaired) electrons. The summed E-state index contributed by atoms with van der Waals surface area (Å²) in [6, 6.07) is 0.436. The molecule has 20 heavy (non-hydrogen) atoms. The summed E-state index contributed by atoms with van der Waals surface area (Å²) < 4.78 is 21.9. The third-order valence-corrected chi connectivity index (χ3v) is 5.91. The maximum Gasteiger partial charge on any atom is 0.500 e. The molecule has 1 N–H and O–H groups in total. The van der Waals surface area contributed by atoms with Gasteiger partial charge in [0.1, 0.15) is 6.04 Å². The zero-order valence-corrected chi connectivity index (χ0v) is 14.4. The standard InChI is InChI=1S/C13H29NO5Si/c1-6-17-20(18-7-2,19-8-3)11-9-10-14-12(4)13(15)16-5/h12,14H,6-11H2,1-5H3/t12-/m0/s1. The fourth-order valence-electron chi connectivity index (χ4n) is 1.88. The molecule has 0 aliphatic rings. The van der Waals surface area contributed by atoms with Crippen molar-refractivity contribution in [3.63, 3.8) is 0 Å². The van der Waals surface area contributed by atoms with Crippen LogP contribution in [0.2, 0.25) is 6.04 Å². The van der Waals surface area contributed by atoms with E-state index >= 15 is 0 Å². The van der Waals surface area contributed by atoms with Gasteiger partial charge in [-0.1, -0.05) is 0 Å². The van der Waals surface area contributed by atoms with Gasteiger partial charge in [-0.2, -0.15) is 0 Å². The van der Waals surface area contributed by atoms with Crippen LogP contribution in [0.3, 0.4) is 0 Å².